The number of aryl methyl sites for hydroxylation is 1. The average molecular weight is 429 g/mol. The van der Waals surface area contributed by atoms with Crippen LogP contribution in [0.3, 0.4) is 0 Å². The van der Waals surface area contributed by atoms with Crippen LogP contribution in [0.25, 0.3) is 0 Å². The number of carbonyl (C=O) groups excluding carboxylic acids is 1. The average Bonchev–Trinajstić information content (AvgIpc) is 2.65. The van der Waals surface area contributed by atoms with Crippen LogP contribution in [-0.4, -0.2) is 36.4 Å². The lowest BCUT2D eigenvalue weighted by molar-refractivity contribution is -0.137. The maximum atomic E-state index is 12.8. The molecule has 0 saturated carbocycles. The zero-order valence-corrected chi connectivity index (χ0v) is 17.3. The molecule has 2 aromatic rings. The maximum absolute atomic E-state index is 12.8. The van der Waals surface area contributed by atoms with Gasteiger partial charge in [0.05, 0.1) is 28.4 Å². The Kier molecular flexibility index (Phi) is 7.55. The van der Waals surface area contributed by atoms with E-state index in [1.54, 1.807) is 31.5 Å². The minimum Gasteiger partial charge on any atom is -0.366 e. The van der Waals surface area contributed by atoms with E-state index in [2.05, 4.69) is 4.99 Å². The molecule has 0 aromatic heterocycles. The molecular formula is C20H20ClF3N2OS. The Morgan fingerprint density at radius 3 is 2.64 bits per heavy atom. The first kappa shape index (κ1) is 22.3. The van der Waals surface area contributed by atoms with Gasteiger partial charge in [-0.05, 0) is 49.7 Å². The fourth-order valence-electron chi connectivity index (χ4n) is 2.30. The standard InChI is InChI=1S/C20H20ClF3N2OS/c1-4-26(3)12-25-18-8-13(2)16(10-17(18)21)19(27)11-28-15-7-5-6-14(9-15)20(22,23)24/h5-10,12H,4,11H2,1-3H3/b25-12-. The van der Waals surface area contributed by atoms with Gasteiger partial charge in [0, 0.05) is 24.1 Å². The number of benzene rings is 2. The third-order valence-electron chi connectivity index (χ3n) is 4.02. The highest BCUT2D eigenvalue weighted by Gasteiger charge is 2.30. The zero-order chi connectivity index (χ0) is 20.9. The molecule has 150 valence electrons. The van der Waals surface area contributed by atoms with Crippen molar-refractivity contribution in [1.29, 1.82) is 0 Å². The molecule has 0 amide bonds. The Morgan fingerprint density at radius 2 is 2.00 bits per heavy atom. The number of halogens is 4. The van der Waals surface area contributed by atoms with Gasteiger partial charge in [0.25, 0.3) is 0 Å². The quantitative estimate of drug-likeness (QED) is 0.226. The van der Waals surface area contributed by atoms with E-state index >= 15 is 0 Å². The molecule has 0 saturated heterocycles. The molecule has 28 heavy (non-hydrogen) atoms. The van der Waals surface area contributed by atoms with Gasteiger partial charge in [-0.3, -0.25) is 4.79 Å². The molecule has 0 fully saturated rings. The molecule has 0 unspecified atom stereocenters. The lowest BCUT2D eigenvalue weighted by Crippen LogP contribution is -2.14. The van der Waals surface area contributed by atoms with Gasteiger partial charge in [-0.1, -0.05) is 17.7 Å². The van der Waals surface area contributed by atoms with Crippen LogP contribution < -0.4 is 0 Å². The summed E-state index contributed by atoms with van der Waals surface area (Å²) in [6.07, 6.45) is -2.75. The summed E-state index contributed by atoms with van der Waals surface area (Å²) in [7, 11) is 1.88. The molecule has 0 aliphatic carbocycles. The number of hydrogen-bond donors (Lipinski definition) is 0. The SMILES string of the molecule is CCN(C)/C=N\c1cc(C)c(C(=O)CSc2cccc(C(F)(F)F)c2)cc1Cl. The van der Waals surface area contributed by atoms with Crippen molar-refractivity contribution in [2.75, 3.05) is 19.3 Å². The number of Topliss-reactive ketones (excluding diaryl/α,β-unsaturated/α-hetero) is 1. The third kappa shape index (κ3) is 6.01. The van der Waals surface area contributed by atoms with Gasteiger partial charge < -0.3 is 4.90 Å². The number of ketones is 1. The zero-order valence-electron chi connectivity index (χ0n) is 15.7. The minimum absolute atomic E-state index is 0.0136. The van der Waals surface area contributed by atoms with Gasteiger partial charge in [-0.2, -0.15) is 13.2 Å². The van der Waals surface area contributed by atoms with Crippen molar-refractivity contribution in [1.82, 2.24) is 4.90 Å². The summed E-state index contributed by atoms with van der Waals surface area (Å²) < 4.78 is 38.4. The number of nitrogens with zero attached hydrogens (tertiary/aromatic N) is 2. The van der Waals surface area contributed by atoms with E-state index in [4.69, 9.17) is 11.6 Å². The Balaban J connectivity index is 2.13. The highest BCUT2D eigenvalue weighted by atomic mass is 35.5. The lowest BCUT2D eigenvalue weighted by atomic mass is 10.0. The first-order chi connectivity index (χ1) is 13.1. The smallest absolute Gasteiger partial charge is 0.366 e. The molecule has 3 nitrogen and oxygen atoms in total. The summed E-state index contributed by atoms with van der Waals surface area (Å²) in [4.78, 5) is 19.1. The molecule has 8 heteroatoms. The second kappa shape index (κ2) is 9.47. The monoisotopic (exact) mass is 428 g/mol. The number of carbonyl (C=O) groups is 1. The molecule has 0 N–H and O–H groups in total. The minimum atomic E-state index is -4.41. The van der Waals surface area contributed by atoms with Crippen molar-refractivity contribution in [3.63, 3.8) is 0 Å². The van der Waals surface area contributed by atoms with Crippen molar-refractivity contribution in [3.05, 3.63) is 58.1 Å². The molecule has 2 aromatic carbocycles. The summed E-state index contributed by atoms with van der Waals surface area (Å²) >= 11 is 7.30. The fourth-order valence-corrected chi connectivity index (χ4v) is 3.35. The van der Waals surface area contributed by atoms with Gasteiger partial charge in [-0.25, -0.2) is 4.99 Å². The molecule has 0 bridgehead atoms. The van der Waals surface area contributed by atoms with Crippen molar-refractivity contribution in [3.8, 4) is 0 Å². The third-order valence-corrected chi connectivity index (χ3v) is 5.31. The topological polar surface area (TPSA) is 32.7 Å². The normalized spacial score (nSPS) is 11.8. The molecule has 0 atom stereocenters. The van der Waals surface area contributed by atoms with Crippen molar-refractivity contribution in [2.45, 2.75) is 24.9 Å². The molecule has 0 heterocycles. The van der Waals surface area contributed by atoms with Crippen LogP contribution in [0.15, 0.2) is 46.3 Å². The Morgan fingerprint density at radius 1 is 1.29 bits per heavy atom. The second-order valence-corrected chi connectivity index (χ2v) is 7.63. The largest absolute Gasteiger partial charge is 0.416 e. The van der Waals surface area contributed by atoms with E-state index in [0.717, 1.165) is 30.4 Å². The van der Waals surface area contributed by atoms with Gasteiger partial charge >= 0.3 is 6.18 Å². The van der Waals surface area contributed by atoms with E-state index < -0.39 is 11.7 Å². The van der Waals surface area contributed by atoms with E-state index in [0.29, 0.717) is 26.7 Å². The molecular weight excluding hydrogens is 409 g/mol. The Labute approximate surface area is 171 Å². The van der Waals surface area contributed by atoms with Crippen LogP contribution in [0.4, 0.5) is 18.9 Å². The van der Waals surface area contributed by atoms with Crippen LogP contribution in [0, 0.1) is 6.92 Å². The van der Waals surface area contributed by atoms with Gasteiger partial charge in [0.2, 0.25) is 0 Å². The molecule has 0 radical (unpaired) electrons. The summed E-state index contributed by atoms with van der Waals surface area (Å²) in [5.74, 6) is -0.192. The number of rotatable bonds is 7. The summed E-state index contributed by atoms with van der Waals surface area (Å²) in [6, 6.07) is 8.22. The van der Waals surface area contributed by atoms with E-state index in [-0.39, 0.29) is 11.5 Å². The number of alkyl halides is 3. The predicted octanol–water partition coefficient (Wildman–Crippen LogP) is 6.25. The second-order valence-electron chi connectivity index (χ2n) is 6.17. The fraction of sp³-hybridized carbons (Fsp3) is 0.300. The van der Waals surface area contributed by atoms with Crippen LogP contribution in [-0.2, 0) is 6.18 Å². The van der Waals surface area contributed by atoms with Crippen LogP contribution in [0.1, 0.15) is 28.4 Å². The molecule has 0 aliphatic heterocycles. The number of hydrogen-bond acceptors (Lipinski definition) is 3. The maximum Gasteiger partial charge on any atom is 0.416 e. The lowest BCUT2D eigenvalue weighted by Gasteiger charge is -2.11. The van der Waals surface area contributed by atoms with Crippen molar-refractivity contribution < 1.29 is 18.0 Å². The number of thioether (sulfide) groups is 1. The summed E-state index contributed by atoms with van der Waals surface area (Å²) in [5.41, 5.74) is 0.975. The first-order valence-electron chi connectivity index (χ1n) is 8.49. The number of aliphatic imine (C=N–C) groups is 1. The highest BCUT2D eigenvalue weighted by molar-refractivity contribution is 8.00. The summed E-state index contributed by atoms with van der Waals surface area (Å²) in [5, 5.41) is 0.346. The Hall–Kier alpha value is -1.99. The van der Waals surface area contributed by atoms with E-state index in [1.165, 1.54) is 6.07 Å². The molecule has 2 rings (SSSR count). The van der Waals surface area contributed by atoms with Crippen LogP contribution >= 0.6 is 23.4 Å². The van der Waals surface area contributed by atoms with Crippen LogP contribution in [0.2, 0.25) is 5.02 Å². The Bertz CT molecular complexity index is 884. The van der Waals surface area contributed by atoms with Gasteiger partial charge in [0.15, 0.2) is 5.78 Å². The van der Waals surface area contributed by atoms with Gasteiger partial charge in [-0.15, -0.1) is 11.8 Å². The van der Waals surface area contributed by atoms with Crippen molar-refractivity contribution in [2.24, 2.45) is 4.99 Å². The molecule has 0 spiro atoms. The first-order valence-corrected chi connectivity index (χ1v) is 9.86. The van der Waals surface area contributed by atoms with Gasteiger partial charge in [0.1, 0.15) is 0 Å². The molecule has 0 aliphatic rings. The summed E-state index contributed by atoms with van der Waals surface area (Å²) in [6.45, 7) is 4.56. The highest BCUT2D eigenvalue weighted by Crippen LogP contribution is 2.33. The predicted molar refractivity (Wildman–Crippen MR) is 109 cm³/mol. The van der Waals surface area contributed by atoms with Crippen LogP contribution in [0.5, 0.6) is 0 Å². The van der Waals surface area contributed by atoms with Crippen molar-refractivity contribution >= 4 is 41.2 Å². The van der Waals surface area contributed by atoms with E-state index in [9.17, 15) is 18.0 Å². The van der Waals surface area contributed by atoms with E-state index in [1.807, 2.05) is 18.9 Å².